The predicted octanol–water partition coefficient (Wildman–Crippen LogP) is 1.78. The molecule has 1 N–H and O–H groups in total. The van der Waals surface area contributed by atoms with Gasteiger partial charge in [-0.05, 0) is 24.7 Å². The maximum absolute atomic E-state index is 3.61. The summed E-state index contributed by atoms with van der Waals surface area (Å²) < 4.78 is 0. The van der Waals surface area contributed by atoms with Gasteiger partial charge in [0, 0.05) is 12.1 Å². The second kappa shape index (κ2) is 2.23. The average Bonchev–Trinajstić information content (AvgIpc) is 1.87. The zero-order valence-corrected chi connectivity index (χ0v) is 6.93. The molecule has 1 saturated carbocycles. The third kappa shape index (κ3) is 0.800. The van der Waals surface area contributed by atoms with Gasteiger partial charge in [0.15, 0.2) is 0 Å². The van der Waals surface area contributed by atoms with E-state index in [0.717, 1.165) is 23.9 Å². The van der Waals surface area contributed by atoms with Crippen molar-refractivity contribution in [1.29, 1.82) is 0 Å². The molecule has 3 fully saturated rings. The Labute approximate surface area is 63.2 Å². The molecule has 0 aromatic heterocycles. The molecule has 2 bridgehead atoms. The van der Waals surface area contributed by atoms with Crippen molar-refractivity contribution >= 4 is 0 Å². The summed E-state index contributed by atoms with van der Waals surface area (Å²) >= 11 is 0. The van der Waals surface area contributed by atoms with Crippen LogP contribution in [0.3, 0.4) is 0 Å². The number of hydrogen-bond acceptors (Lipinski definition) is 1. The lowest BCUT2D eigenvalue weighted by molar-refractivity contribution is 0.0455. The van der Waals surface area contributed by atoms with Crippen molar-refractivity contribution in [1.82, 2.24) is 5.32 Å². The number of hydrogen-bond donors (Lipinski definition) is 1. The van der Waals surface area contributed by atoms with E-state index in [1.54, 1.807) is 0 Å². The van der Waals surface area contributed by atoms with Crippen LogP contribution in [0, 0.1) is 11.8 Å². The molecule has 2 atom stereocenters. The second-order valence-corrected chi connectivity index (χ2v) is 4.13. The van der Waals surface area contributed by atoms with Gasteiger partial charge in [-0.1, -0.05) is 20.3 Å². The zero-order chi connectivity index (χ0) is 7.14. The molecular formula is C9H17N. The summed E-state index contributed by atoms with van der Waals surface area (Å²) in [7, 11) is 0. The summed E-state index contributed by atoms with van der Waals surface area (Å²) in [6.07, 6.45) is 4.32. The van der Waals surface area contributed by atoms with Gasteiger partial charge < -0.3 is 5.32 Å². The van der Waals surface area contributed by atoms with Gasteiger partial charge in [-0.3, -0.25) is 0 Å². The van der Waals surface area contributed by atoms with Crippen molar-refractivity contribution in [2.45, 2.75) is 45.2 Å². The fourth-order valence-electron chi connectivity index (χ4n) is 2.70. The number of fused-ring (bicyclic) bond motifs is 2. The van der Waals surface area contributed by atoms with Crippen LogP contribution >= 0.6 is 0 Å². The van der Waals surface area contributed by atoms with E-state index < -0.39 is 0 Å². The van der Waals surface area contributed by atoms with Crippen molar-refractivity contribution in [2.24, 2.45) is 11.8 Å². The summed E-state index contributed by atoms with van der Waals surface area (Å²) in [5.74, 6) is 1.91. The molecule has 0 radical (unpaired) electrons. The minimum absolute atomic E-state index is 0.888. The van der Waals surface area contributed by atoms with E-state index in [1.807, 2.05) is 0 Å². The minimum atomic E-state index is 0.888. The van der Waals surface area contributed by atoms with Gasteiger partial charge in [0.25, 0.3) is 0 Å². The Morgan fingerprint density at radius 1 is 1.20 bits per heavy atom. The van der Waals surface area contributed by atoms with Crippen molar-refractivity contribution in [2.75, 3.05) is 0 Å². The molecule has 1 heteroatoms. The van der Waals surface area contributed by atoms with Crippen molar-refractivity contribution in [3.8, 4) is 0 Å². The molecule has 0 aromatic carbocycles. The molecule has 0 aromatic rings. The summed E-state index contributed by atoms with van der Waals surface area (Å²) in [6, 6.07) is 1.78. The Bertz CT molecular complexity index is 117. The average molecular weight is 139 g/mol. The highest BCUT2D eigenvalue weighted by atomic mass is 15.1. The lowest BCUT2D eigenvalue weighted by Crippen LogP contribution is -2.65. The first kappa shape index (κ1) is 6.66. The molecular weight excluding hydrogens is 122 g/mol. The quantitative estimate of drug-likeness (QED) is 0.584. The number of rotatable bonds is 1. The fourth-order valence-corrected chi connectivity index (χ4v) is 2.70. The van der Waals surface area contributed by atoms with Gasteiger partial charge in [0.1, 0.15) is 0 Å². The Morgan fingerprint density at radius 3 is 2.10 bits per heavy atom. The largest absolute Gasteiger partial charge is 0.311 e. The van der Waals surface area contributed by atoms with Gasteiger partial charge in [0.2, 0.25) is 0 Å². The van der Waals surface area contributed by atoms with Crippen molar-refractivity contribution in [3.05, 3.63) is 0 Å². The molecule has 0 spiro atoms. The standard InChI is InChI=1S/C9H17N/c1-6(2)9-7-4-3-5-8(9)10-7/h6-10H,3-5H2,1-2H3. The van der Waals surface area contributed by atoms with Crippen LogP contribution in [0.2, 0.25) is 0 Å². The number of nitrogens with one attached hydrogen (secondary N) is 1. The molecule has 3 rings (SSSR count). The Hall–Kier alpha value is -0.0400. The molecule has 3 aliphatic rings. The zero-order valence-electron chi connectivity index (χ0n) is 6.93. The molecule has 10 heavy (non-hydrogen) atoms. The van der Waals surface area contributed by atoms with E-state index in [-0.39, 0.29) is 0 Å². The van der Waals surface area contributed by atoms with E-state index in [1.165, 1.54) is 19.3 Å². The highest BCUT2D eigenvalue weighted by molar-refractivity contribution is 5.02. The molecule has 0 amide bonds. The molecule has 2 heterocycles. The smallest absolute Gasteiger partial charge is 0.0115 e. The summed E-state index contributed by atoms with van der Waals surface area (Å²) in [4.78, 5) is 0. The van der Waals surface area contributed by atoms with Crippen LogP contribution in [0.15, 0.2) is 0 Å². The number of piperidine rings is 1. The van der Waals surface area contributed by atoms with Crippen LogP contribution in [0.25, 0.3) is 0 Å². The normalized spacial score (nSPS) is 45.3. The van der Waals surface area contributed by atoms with E-state index in [0.29, 0.717) is 0 Å². The van der Waals surface area contributed by atoms with E-state index in [2.05, 4.69) is 19.2 Å². The van der Waals surface area contributed by atoms with Crippen molar-refractivity contribution in [3.63, 3.8) is 0 Å². The van der Waals surface area contributed by atoms with E-state index >= 15 is 0 Å². The monoisotopic (exact) mass is 139 g/mol. The second-order valence-electron chi connectivity index (χ2n) is 4.13. The van der Waals surface area contributed by atoms with Gasteiger partial charge >= 0.3 is 0 Å². The van der Waals surface area contributed by atoms with Gasteiger partial charge in [-0.25, -0.2) is 0 Å². The van der Waals surface area contributed by atoms with Crippen LogP contribution in [0.5, 0.6) is 0 Å². The highest BCUT2D eigenvalue weighted by Crippen LogP contribution is 2.38. The topological polar surface area (TPSA) is 12.0 Å². The molecule has 1 aliphatic carbocycles. The summed E-state index contributed by atoms with van der Waals surface area (Å²) in [5, 5.41) is 3.61. The molecule has 2 aliphatic heterocycles. The van der Waals surface area contributed by atoms with Crippen LogP contribution in [-0.2, 0) is 0 Å². The Kier molecular flexibility index (Phi) is 1.48. The first-order valence-electron chi connectivity index (χ1n) is 4.55. The van der Waals surface area contributed by atoms with Gasteiger partial charge in [0.05, 0.1) is 0 Å². The fraction of sp³-hybridized carbons (Fsp3) is 1.00. The SMILES string of the molecule is CC(C)C1C2CCCC1N2. The maximum atomic E-state index is 3.61. The van der Waals surface area contributed by atoms with Crippen LogP contribution in [-0.4, -0.2) is 12.1 Å². The molecule has 58 valence electrons. The van der Waals surface area contributed by atoms with Gasteiger partial charge in [-0.2, -0.15) is 0 Å². The first-order chi connectivity index (χ1) is 4.79. The lowest BCUT2D eigenvalue weighted by atomic mass is 9.67. The summed E-state index contributed by atoms with van der Waals surface area (Å²) in [5.41, 5.74) is 0. The maximum Gasteiger partial charge on any atom is 0.0115 e. The predicted molar refractivity (Wildman–Crippen MR) is 42.9 cm³/mol. The Balaban J connectivity index is 1.99. The van der Waals surface area contributed by atoms with Crippen LogP contribution < -0.4 is 5.32 Å². The molecule has 1 nitrogen and oxygen atoms in total. The summed E-state index contributed by atoms with van der Waals surface area (Å²) in [6.45, 7) is 4.72. The minimum Gasteiger partial charge on any atom is -0.311 e. The third-order valence-corrected chi connectivity index (χ3v) is 3.16. The Morgan fingerprint density at radius 2 is 1.80 bits per heavy atom. The van der Waals surface area contributed by atoms with E-state index in [4.69, 9.17) is 0 Å². The van der Waals surface area contributed by atoms with Gasteiger partial charge in [-0.15, -0.1) is 0 Å². The lowest BCUT2D eigenvalue weighted by Gasteiger charge is -2.53. The van der Waals surface area contributed by atoms with E-state index in [9.17, 15) is 0 Å². The van der Waals surface area contributed by atoms with Crippen LogP contribution in [0.1, 0.15) is 33.1 Å². The highest BCUT2D eigenvalue weighted by Gasteiger charge is 2.44. The molecule has 2 unspecified atom stereocenters. The van der Waals surface area contributed by atoms with Crippen LogP contribution in [0.4, 0.5) is 0 Å². The first-order valence-corrected chi connectivity index (χ1v) is 4.55. The third-order valence-electron chi connectivity index (χ3n) is 3.16. The van der Waals surface area contributed by atoms with Crippen molar-refractivity contribution < 1.29 is 0 Å². The molecule has 2 saturated heterocycles.